The van der Waals surface area contributed by atoms with E-state index in [1.54, 1.807) is 6.07 Å². The van der Waals surface area contributed by atoms with Gasteiger partial charge in [-0.05, 0) is 61.0 Å². The molecule has 0 fully saturated rings. The molecule has 1 N–H and O–H groups in total. The van der Waals surface area contributed by atoms with Crippen molar-refractivity contribution in [3.8, 4) is 5.75 Å². The summed E-state index contributed by atoms with van der Waals surface area (Å²) >= 11 is 0. The van der Waals surface area contributed by atoms with Gasteiger partial charge in [0.1, 0.15) is 11.6 Å². The van der Waals surface area contributed by atoms with Crippen LogP contribution in [0, 0.1) is 5.82 Å². The molecule has 0 amide bonds. The Morgan fingerprint density at radius 1 is 1.15 bits per heavy atom. The zero-order chi connectivity index (χ0) is 14.1. The van der Waals surface area contributed by atoms with Crippen LogP contribution in [0.15, 0.2) is 42.5 Å². The molecule has 1 aliphatic heterocycles. The van der Waals surface area contributed by atoms with Gasteiger partial charge in [-0.15, -0.1) is 0 Å². The van der Waals surface area contributed by atoms with Crippen molar-refractivity contribution < 1.29 is 9.50 Å². The number of hydrogen-bond acceptors (Lipinski definition) is 2. The molecule has 0 unspecified atom stereocenters. The third kappa shape index (κ3) is 2.54. The van der Waals surface area contributed by atoms with E-state index in [-0.39, 0.29) is 11.7 Å². The summed E-state index contributed by atoms with van der Waals surface area (Å²) in [4.78, 5) is 2.25. The second-order valence-corrected chi connectivity index (χ2v) is 5.51. The molecule has 20 heavy (non-hydrogen) atoms. The van der Waals surface area contributed by atoms with Gasteiger partial charge in [0, 0.05) is 12.5 Å². The maximum atomic E-state index is 13.1. The fourth-order valence-electron chi connectivity index (χ4n) is 2.99. The van der Waals surface area contributed by atoms with Gasteiger partial charge < -0.3 is 10.0 Å². The molecule has 2 nitrogen and oxygen atoms in total. The molecule has 1 heterocycles. The average molecular weight is 271 g/mol. The normalized spacial score (nSPS) is 19.4. The number of hydrogen-bond donors (Lipinski definition) is 1. The minimum Gasteiger partial charge on any atom is -0.508 e. The molecule has 0 bridgehead atoms. The predicted molar refractivity (Wildman–Crippen MR) is 77.3 cm³/mol. The number of nitrogens with zero attached hydrogens (tertiary/aromatic N) is 1. The molecule has 1 aliphatic rings. The summed E-state index contributed by atoms with van der Waals surface area (Å²) in [6.07, 6.45) is 1.000. The van der Waals surface area contributed by atoms with Crippen molar-refractivity contribution in [1.29, 1.82) is 0 Å². The smallest absolute Gasteiger partial charge is 0.123 e. The summed E-state index contributed by atoms with van der Waals surface area (Å²) in [5.41, 5.74) is 3.52. The lowest BCUT2D eigenvalue weighted by atomic mass is 9.86. The van der Waals surface area contributed by atoms with E-state index in [4.69, 9.17) is 0 Å². The molecular formula is C17H18FNO. The highest BCUT2D eigenvalue weighted by Gasteiger charge is 2.22. The summed E-state index contributed by atoms with van der Waals surface area (Å²) in [6, 6.07) is 12.3. The topological polar surface area (TPSA) is 23.5 Å². The first-order valence-corrected chi connectivity index (χ1v) is 6.89. The first-order chi connectivity index (χ1) is 9.63. The molecule has 0 aromatic heterocycles. The fraction of sp³-hybridized carbons (Fsp3) is 0.294. The van der Waals surface area contributed by atoms with Crippen LogP contribution in [-0.2, 0) is 6.54 Å². The first-order valence-electron chi connectivity index (χ1n) is 6.89. The summed E-state index contributed by atoms with van der Waals surface area (Å²) in [5.74, 6) is 0.360. The van der Waals surface area contributed by atoms with Crippen LogP contribution in [-0.4, -0.2) is 23.6 Å². The molecule has 0 saturated heterocycles. The standard InChI is InChI=1S/C17H18FNO/c1-19-9-8-17(12-2-4-14(18)5-3-12)16-7-6-15(20)10-13(16)11-19/h2-7,10,17,20H,8-9,11H2,1H3/t17-/m1/s1. The van der Waals surface area contributed by atoms with E-state index in [1.165, 1.54) is 17.7 Å². The summed E-state index contributed by atoms with van der Waals surface area (Å²) < 4.78 is 13.1. The number of fused-ring (bicyclic) bond motifs is 1. The highest BCUT2D eigenvalue weighted by Crippen LogP contribution is 2.35. The Bertz CT molecular complexity index is 609. The minimum atomic E-state index is -0.203. The van der Waals surface area contributed by atoms with Crippen LogP contribution < -0.4 is 0 Å². The Labute approximate surface area is 118 Å². The molecular weight excluding hydrogens is 253 g/mol. The van der Waals surface area contributed by atoms with Gasteiger partial charge in [0.15, 0.2) is 0 Å². The molecule has 2 aromatic carbocycles. The van der Waals surface area contributed by atoms with Gasteiger partial charge in [0.05, 0.1) is 0 Å². The number of phenolic OH excluding ortho intramolecular Hbond substituents is 1. The molecule has 0 radical (unpaired) electrons. The van der Waals surface area contributed by atoms with Gasteiger partial charge in [-0.1, -0.05) is 18.2 Å². The zero-order valence-corrected chi connectivity index (χ0v) is 11.5. The van der Waals surface area contributed by atoms with Crippen molar-refractivity contribution >= 4 is 0 Å². The molecule has 104 valence electrons. The largest absolute Gasteiger partial charge is 0.508 e. The molecule has 0 saturated carbocycles. The average Bonchev–Trinajstić information content (AvgIpc) is 2.58. The molecule has 1 atom stereocenters. The Morgan fingerprint density at radius 3 is 2.65 bits per heavy atom. The highest BCUT2D eigenvalue weighted by atomic mass is 19.1. The van der Waals surface area contributed by atoms with Gasteiger partial charge in [-0.3, -0.25) is 0 Å². The van der Waals surface area contributed by atoms with E-state index < -0.39 is 0 Å². The molecule has 3 heteroatoms. The lowest BCUT2D eigenvalue weighted by Gasteiger charge is -2.18. The van der Waals surface area contributed by atoms with Crippen LogP contribution in [0.5, 0.6) is 5.75 Å². The Balaban J connectivity index is 2.05. The van der Waals surface area contributed by atoms with E-state index in [9.17, 15) is 9.50 Å². The summed E-state index contributed by atoms with van der Waals surface area (Å²) in [5, 5.41) is 9.69. The second-order valence-electron chi connectivity index (χ2n) is 5.51. The van der Waals surface area contributed by atoms with E-state index in [1.807, 2.05) is 24.3 Å². The maximum absolute atomic E-state index is 13.1. The van der Waals surface area contributed by atoms with Crippen molar-refractivity contribution in [3.63, 3.8) is 0 Å². The predicted octanol–water partition coefficient (Wildman–Crippen LogP) is 3.50. The lowest BCUT2D eigenvalue weighted by molar-refractivity contribution is 0.328. The minimum absolute atomic E-state index is 0.203. The third-order valence-corrected chi connectivity index (χ3v) is 4.01. The summed E-state index contributed by atoms with van der Waals surface area (Å²) in [6.45, 7) is 1.82. The number of aromatic hydroxyl groups is 1. The number of rotatable bonds is 1. The maximum Gasteiger partial charge on any atom is 0.123 e. The van der Waals surface area contributed by atoms with Crippen molar-refractivity contribution in [2.75, 3.05) is 13.6 Å². The molecule has 0 spiro atoms. The van der Waals surface area contributed by atoms with Crippen LogP contribution in [0.1, 0.15) is 29.0 Å². The number of halogens is 1. The van der Waals surface area contributed by atoms with Gasteiger partial charge in [-0.25, -0.2) is 4.39 Å². The SMILES string of the molecule is CN1CC[C@H](c2ccc(F)cc2)c2ccc(O)cc2C1. The quantitative estimate of drug-likeness (QED) is 0.858. The van der Waals surface area contributed by atoms with Crippen molar-refractivity contribution in [3.05, 3.63) is 65.0 Å². The van der Waals surface area contributed by atoms with Gasteiger partial charge in [0.25, 0.3) is 0 Å². The fourth-order valence-corrected chi connectivity index (χ4v) is 2.99. The van der Waals surface area contributed by atoms with Crippen molar-refractivity contribution in [2.45, 2.75) is 18.9 Å². The van der Waals surface area contributed by atoms with Crippen LogP contribution >= 0.6 is 0 Å². The molecule has 3 rings (SSSR count). The third-order valence-electron chi connectivity index (χ3n) is 4.01. The van der Waals surface area contributed by atoms with Gasteiger partial charge in [-0.2, -0.15) is 0 Å². The molecule has 0 aliphatic carbocycles. The number of benzene rings is 2. The first kappa shape index (κ1) is 13.1. The van der Waals surface area contributed by atoms with E-state index in [0.29, 0.717) is 5.75 Å². The molecule has 2 aromatic rings. The van der Waals surface area contributed by atoms with Crippen LogP contribution in [0.2, 0.25) is 0 Å². The monoisotopic (exact) mass is 271 g/mol. The van der Waals surface area contributed by atoms with Crippen molar-refractivity contribution in [2.24, 2.45) is 0 Å². The van der Waals surface area contributed by atoms with Gasteiger partial charge in [0.2, 0.25) is 0 Å². The van der Waals surface area contributed by atoms with E-state index in [0.717, 1.165) is 30.6 Å². The van der Waals surface area contributed by atoms with Crippen LogP contribution in [0.25, 0.3) is 0 Å². The Hall–Kier alpha value is -1.87. The van der Waals surface area contributed by atoms with Crippen molar-refractivity contribution in [1.82, 2.24) is 4.90 Å². The van der Waals surface area contributed by atoms with Gasteiger partial charge >= 0.3 is 0 Å². The lowest BCUT2D eigenvalue weighted by Crippen LogP contribution is -2.17. The van der Waals surface area contributed by atoms with Crippen LogP contribution in [0.4, 0.5) is 4.39 Å². The Morgan fingerprint density at radius 2 is 1.90 bits per heavy atom. The van der Waals surface area contributed by atoms with E-state index in [2.05, 4.69) is 11.9 Å². The van der Waals surface area contributed by atoms with E-state index >= 15 is 0 Å². The highest BCUT2D eigenvalue weighted by molar-refractivity contribution is 5.42. The number of phenols is 1. The summed E-state index contributed by atoms with van der Waals surface area (Å²) in [7, 11) is 2.08. The zero-order valence-electron chi connectivity index (χ0n) is 11.5. The second kappa shape index (κ2) is 5.25. The Kier molecular flexibility index (Phi) is 3.45. The van der Waals surface area contributed by atoms with Crippen LogP contribution in [0.3, 0.4) is 0 Å².